The van der Waals surface area contributed by atoms with E-state index in [1.807, 2.05) is 12.3 Å². The predicted molar refractivity (Wildman–Crippen MR) is 58.1 cm³/mol. The largest absolute Gasteiger partial charge is 0.254 e. The van der Waals surface area contributed by atoms with E-state index in [0.717, 1.165) is 0 Å². The van der Waals surface area contributed by atoms with Crippen LogP contribution in [0.5, 0.6) is 0 Å². The highest BCUT2D eigenvalue weighted by atomic mass is 14.6. The van der Waals surface area contributed by atoms with Crippen LogP contribution in [-0.2, 0) is 0 Å². The molecule has 0 aliphatic heterocycles. The highest BCUT2D eigenvalue weighted by molar-refractivity contribution is 6.06. The summed E-state index contributed by atoms with van der Waals surface area (Å²) in [7, 11) is 0. The Kier molecular flexibility index (Phi) is 1.51. The molecule has 3 aromatic rings. The molecule has 1 nitrogen and oxygen atoms in total. The summed E-state index contributed by atoms with van der Waals surface area (Å²) < 4.78 is 0. The summed E-state index contributed by atoms with van der Waals surface area (Å²) in [5, 5.41) is 4.90. The first-order chi connectivity index (χ1) is 6.95. The van der Waals surface area contributed by atoms with Crippen LogP contribution < -0.4 is 0 Å². The van der Waals surface area contributed by atoms with E-state index in [2.05, 4.69) is 47.6 Å². The molecule has 0 aliphatic rings. The summed E-state index contributed by atoms with van der Waals surface area (Å²) >= 11 is 0. The van der Waals surface area contributed by atoms with Gasteiger partial charge in [-0.3, -0.25) is 4.98 Å². The third-order valence-electron chi connectivity index (χ3n) is 2.49. The van der Waals surface area contributed by atoms with Crippen LogP contribution >= 0.6 is 0 Å². The van der Waals surface area contributed by atoms with Crippen LogP contribution in [0.1, 0.15) is 0 Å². The van der Waals surface area contributed by atoms with Crippen molar-refractivity contribution < 1.29 is 0 Å². The van der Waals surface area contributed by atoms with Crippen LogP contribution in [0, 0.1) is 6.20 Å². The lowest BCUT2D eigenvalue weighted by atomic mass is 10.0. The Hall–Kier alpha value is -1.89. The van der Waals surface area contributed by atoms with Crippen molar-refractivity contribution in [2.24, 2.45) is 0 Å². The molecule has 1 heterocycles. The highest BCUT2D eigenvalue weighted by Crippen LogP contribution is 2.23. The van der Waals surface area contributed by atoms with E-state index in [0.29, 0.717) is 0 Å². The maximum absolute atomic E-state index is 4.04. The summed E-state index contributed by atoms with van der Waals surface area (Å²) in [5.74, 6) is 0. The number of nitrogens with zero attached hydrogens (tertiary/aromatic N) is 1. The lowest BCUT2D eigenvalue weighted by molar-refractivity contribution is 1.35. The van der Waals surface area contributed by atoms with Crippen molar-refractivity contribution in [3.63, 3.8) is 0 Å². The van der Waals surface area contributed by atoms with Gasteiger partial charge in [0.25, 0.3) is 0 Å². The molecule has 0 unspecified atom stereocenters. The maximum atomic E-state index is 4.04. The molecular weight excluding hydrogens is 170 g/mol. The summed E-state index contributed by atoms with van der Waals surface area (Å²) in [6.45, 7) is 0. The zero-order chi connectivity index (χ0) is 9.38. The molecule has 14 heavy (non-hydrogen) atoms. The molecule has 0 fully saturated rings. The second kappa shape index (κ2) is 2.81. The van der Waals surface area contributed by atoms with Crippen LogP contribution in [0.25, 0.3) is 21.5 Å². The van der Waals surface area contributed by atoms with Gasteiger partial charge in [0, 0.05) is 11.6 Å². The van der Waals surface area contributed by atoms with E-state index < -0.39 is 0 Å². The lowest BCUT2D eigenvalue weighted by Crippen LogP contribution is -1.78. The predicted octanol–water partition coefficient (Wildman–Crippen LogP) is 3.19. The number of rotatable bonds is 0. The van der Waals surface area contributed by atoms with Gasteiger partial charge in [0.1, 0.15) is 0 Å². The molecule has 0 aliphatic carbocycles. The van der Waals surface area contributed by atoms with Crippen molar-refractivity contribution in [3.05, 3.63) is 54.9 Å². The van der Waals surface area contributed by atoms with Gasteiger partial charge in [0.2, 0.25) is 0 Å². The molecule has 0 N–H and O–H groups in total. The Bertz CT molecular complexity index is 544. The normalized spacial score (nSPS) is 10.9. The van der Waals surface area contributed by atoms with Crippen molar-refractivity contribution in [3.8, 4) is 0 Å². The van der Waals surface area contributed by atoms with Gasteiger partial charge in [-0.25, -0.2) is 0 Å². The van der Waals surface area contributed by atoms with Crippen LogP contribution in [0.4, 0.5) is 0 Å². The fourth-order valence-corrected chi connectivity index (χ4v) is 1.79. The van der Waals surface area contributed by atoms with Gasteiger partial charge in [-0.15, -0.1) is 0 Å². The van der Waals surface area contributed by atoms with Gasteiger partial charge in [-0.1, -0.05) is 36.4 Å². The molecule has 0 saturated carbocycles. The minimum atomic E-state index is 1.19. The van der Waals surface area contributed by atoms with E-state index in [1.54, 1.807) is 0 Å². The van der Waals surface area contributed by atoms with Crippen LogP contribution in [0.3, 0.4) is 0 Å². The van der Waals surface area contributed by atoms with Crippen LogP contribution in [0.2, 0.25) is 0 Å². The first-order valence-corrected chi connectivity index (χ1v) is 4.59. The molecular formula is C13H8N. The van der Waals surface area contributed by atoms with E-state index in [-0.39, 0.29) is 0 Å². The van der Waals surface area contributed by atoms with Crippen molar-refractivity contribution in [2.75, 3.05) is 0 Å². The number of pyridine rings is 1. The van der Waals surface area contributed by atoms with Gasteiger partial charge in [0.05, 0.1) is 6.20 Å². The average molecular weight is 178 g/mol. The third kappa shape index (κ3) is 0.990. The van der Waals surface area contributed by atoms with Crippen LogP contribution in [-0.4, -0.2) is 4.98 Å². The summed E-state index contributed by atoms with van der Waals surface area (Å²) in [4.78, 5) is 4.04. The van der Waals surface area contributed by atoms with E-state index in [1.165, 1.54) is 21.5 Å². The maximum Gasteiger partial charge on any atom is 0.0892 e. The van der Waals surface area contributed by atoms with E-state index in [4.69, 9.17) is 0 Å². The Labute approximate surface area is 82.0 Å². The fraction of sp³-hybridized carbons (Fsp3) is 0. The Morgan fingerprint density at radius 1 is 0.857 bits per heavy atom. The number of hydrogen-bond donors (Lipinski definition) is 0. The van der Waals surface area contributed by atoms with Gasteiger partial charge in [-0.05, 0) is 22.2 Å². The number of fused-ring (bicyclic) bond motifs is 3. The van der Waals surface area contributed by atoms with Crippen molar-refractivity contribution >= 4 is 21.5 Å². The second-order valence-electron chi connectivity index (χ2n) is 3.32. The van der Waals surface area contributed by atoms with Gasteiger partial charge < -0.3 is 0 Å². The van der Waals surface area contributed by atoms with Crippen molar-refractivity contribution in [1.29, 1.82) is 0 Å². The Balaban J connectivity index is 2.61. The quantitative estimate of drug-likeness (QED) is 0.482. The molecule has 3 rings (SSSR count). The average Bonchev–Trinajstić information content (AvgIpc) is 2.29. The molecule has 0 saturated heterocycles. The molecule has 0 bridgehead atoms. The van der Waals surface area contributed by atoms with Gasteiger partial charge in [0.15, 0.2) is 0 Å². The summed E-state index contributed by atoms with van der Waals surface area (Å²) in [6, 6.07) is 14.5. The topological polar surface area (TPSA) is 12.9 Å². The number of hydrogen-bond acceptors (Lipinski definition) is 1. The molecule has 0 spiro atoms. The minimum Gasteiger partial charge on any atom is -0.254 e. The fourth-order valence-electron chi connectivity index (χ4n) is 1.79. The second-order valence-corrected chi connectivity index (χ2v) is 3.32. The van der Waals surface area contributed by atoms with E-state index >= 15 is 0 Å². The molecule has 1 aromatic heterocycles. The van der Waals surface area contributed by atoms with Gasteiger partial charge >= 0.3 is 0 Å². The molecule has 1 radical (unpaired) electrons. The summed E-state index contributed by atoms with van der Waals surface area (Å²) in [5.41, 5.74) is 0. The molecule has 0 amide bonds. The SMILES string of the molecule is [c]1cc2ccc3ccccc3c2cn1. The highest BCUT2D eigenvalue weighted by Gasteiger charge is 1.98. The lowest BCUT2D eigenvalue weighted by Gasteiger charge is -2.01. The number of benzene rings is 2. The first kappa shape index (κ1) is 7.51. The zero-order valence-electron chi connectivity index (χ0n) is 7.57. The molecule has 65 valence electrons. The van der Waals surface area contributed by atoms with Crippen molar-refractivity contribution in [1.82, 2.24) is 4.98 Å². The molecule has 1 heteroatoms. The standard InChI is InChI=1S/C13H8N/c1-2-4-12-10(3-1)5-6-11-7-8-14-9-13(11)12/h1-7,9H. The molecule has 0 atom stereocenters. The number of aromatic nitrogens is 1. The third-order valence-corrected chi connectivity index (χ3v) is 2.49. The van der Waals surface area contributed by atoms with Gasteiger partial charge in [-0.2, -0.15) is 0 Å². The smallest absolute Gasteiger partial charge is 0.0892 e. The minimum absolute atomic E-state index is 1.19. The van der Waals surface area contributed by atoms with E-state index in [9.17, 15) is 0 Å². The van der Waals surface area contributed by atoms with Crippen molar-refractivity contribution in [2.45, 2.75) is 0 Å². The first-order valence-electron chi connectivity index (χ1n) is 4.59. The Morgan fingerprint density at radius 3 is 2.71 bits per heavy atom. The zero-order valence-corrected chi connectivity index (χ0v) is 7.57. The molecule has 2 aromatic carbocycles. The summed E-state index contributed by atoms with van der Waals surface area (Å²) in [6.07, 6.45) is 4.72. The monoisotopic (exact) mass is 178 g/mol. The Morgan fingerprint density at radius 2 is 1.71 bits per heavy atom. The van der Waals surface area contributed by atoms with Crippen LogP contribution in [0.15, 0.2) is 48.7 Å².